The van der Waals surface area contributed by atoms with Crippen LogP contribution in [0.2, 0.25) is 5.15 Å². The Morgan fingerprint density at radius 1 is 1.41 bits per heavy atom. The SMILES string of the molecule is CC(=O)c1nc2c(nc(Cl)c3ncn(C)c32)s1. The zero-order chi connectivity index (χ0) is 12.2. The molecule has 7 heteroatoms. The van der Waals surface area contributed by atoms with Crippen LogP contribution in [0, 0.1) is 0 Å². The fourth-order valence-electron chi connectivity index (χ4n) is 1.70. The molecule has 0 aliphatic carbocycles. The van der Waals surface area contributed by atoms with Crippen LogP contribution in [0.5, 0.6) is 0 Å². The van der Waals surface area contributed by atoms with Crippen molar-refractivity contribution in [2.75, 3.05) is 0 Å². The molecule has 3 heterocycles. The van der Waals surface area contributed by atoms with E-state index in [1.807, 2.05) is 11.6 Å². The Labute approximate surface area is 105 Å². The number of Topliss-reactive ketones (excluding diaryl/α,β-unsaturated/α-hetero) is 1. The first kappa shape index (κ1) is 10.6. The molecule has 0 aliphatic rings. The van der Waals surface area contributed by atoms with E-state index in [-0.39, 0.29) is 5.78 Å². The Hall–Kier alpha value is -1.53. The molecular weight excluding hydrogens is 260 g/mol. The van der Waals surface area contributed by atoms with Gasteiger partial charge in [-0.15, -0.1) is 0 Å². The van der Waals surface area contributed by atoms with Gasteiger partial charge in [0.05, 0.1) is 6.33 Å². The van der Waals surface area contributed by atoms with Gasteiger partial charge >= 0.3 is 0 Å². The van der Waals surface area contributed by atoms with Crippen molar-refractivity contribution in [1.82, 2.24) is 19.5 Å². The second-order valence-electron chi connectivity index (χ2n) is 3.68. The lowest BCUT2D eigenvalue weighted by Crippen LogP contribution is -1.90. The number of rotatable bonds is 1. The number of pyridine rings is 1. The summed E-state index contributed by atoms with van der Waals surface area (Å²) in [7, 11) is 1.86. The van der Waals surface area contributed by atoms with E-state index < -0.39 is 0 Å². The zero-order valence-corrected chi connectivity index (χ0v) is 10.6. The summed E-state index contributed by atoms with van der Waals surface area (Å²) in [5, 5.41) is 0.782. The number of hydrogen-bond donors (Lipinski definition) is 0. The molecule has 0 aliphatic heterocycles. The van der Waals surface area contributed by atoms with Crippen LogP contribution in [0.4, 0.5) is 0 Å². The lowest BCUT2D eigenvalue weighted by atomic mass is 10.3. The van der Waals surface area contributed by atoms with Crippen molar-refractivity contribution in [3.8, 4) is 0 Å². The molecule has 3 aromatic rings. The Kier molecular flexibility index (Phi) is 2.17. The van der Waals surface area contributed by atoms with Crippen molar-refractivity contribution in [2.24, 2.45) is 7.05 Å². The van der Waals surface area contributed by atoms with Gasteiger partial charge < -0.3 is 4.57 Å². The number of ketones is 1. The number of carbonyl (C=O) groups is 1. The van der Waals surface area contributed by atoms with Crippen molar-refractivity contribution in [3.63, 3.8) is 0 Å². The van der Waals surface area contributed by atoms with Crippen LogP contribution in [0.25, 0.3) is 21.4 Å². The van der Waals surface area contributed by atoms with E-state index in [0.717, 1.165) is 5.52 Å². The maximum absolute atomic E-state index is 11.3. The van der Waals surface area contributed by atoms with Gasteiger partial charge in [0.1, 0.15) is 21.4 Å². The zero-order valence-electron chi connectivity index (χ0n) is 9.06. The summed E-state index contributed by atoms with van der Waals surface area (Å²) in [5.74, 6) is -0.0700. The highest BCUT2D eigenvalue weighted by Crippen LogP contribution is 2.30. The van der Waals surface area contributed by atoms with Gasteiger partial charge in [-0.1, -0.05) is 22.9 Å². The van der Waals surface area contributed by atoms with Gasteiger partial charge in [-0.3, -0.25) is 4.79 Å². The smallest absolute Gasteiger partial charge is 0.188 e. The molecule has 0 unspecified atom stereocenters. The number of fused-ring (bicyclic) bond motifs is 3. The average Bonchev–Trinajstić information content (AvgIpc) is 2.82. The lowest BCUT2D eigenvalue weighted by molar-refractivity contribution is 0.101. The van der Waals surface area contributed by atoms with Crippen LogP contribution in [0.1, 0.15) is 16.7 Å². The molecule has 0 saturated carbocycles. The first-order chi connectivity index (χ1) is 8.08. The topological polar surface area (TPSA) is 60.7 Å². The molecule has 0 saturated heterocycles. The summed E-state index contributed by atoms with van der Waals surface area (Å²) < 4.78 is 1.83. The van der Waals surface area contributed by atoms with Gasteiger partial charge in [-0.25, -0.2) is 15.0 Å². The first-order valence-corrected chi connectivity index (χ1v) is 6.05. The second-order valence-corrected chi connectivity index (χ2v) is 5.02. The summed E-state index contributed by atoms with van der Waals surface area (Å²) in [6.07, 6.45) is 1.66. The molecule has 3 rings (SSSR count). The van der Waals surface area contributed by atoms with E-state index in [9.17, 15) is 4.79 Å². The van der Waals surface area contributed by atoms with Crippen molar-refractivity contribution >= 4 is 50.1 Å². The van der Waals surface area contributed by atoms with Gasteiger partial charge in [0, 0.05) is 14.0 Å². The van der Waals surface area contributed by atoms with Gasteiger partial charge in [0.2, 0.25) is 0 Å². The van der Waals surface area contributed by atoms with Crippen LogP contribution >= 0.6 is 22.9 Å². The predicted octanol–water partition coefficient (Wildman–Crippen LogP) is 2.43. The summed E-state index contributed by atoms with van der Waals surface area (Å²) >= 11 is 7.29. The summed E-state index contributed by atoms with van der Waals surface area (Å²) in [5.41, 5.74) is 2.10. The third kappa shape index (κ3) is 1.44. The average molecular weight is 267 g/mol. The highest BCUT2D eigenvalue weighted by molar-refractivity contribution is 7.20. The van der Waals surface area contributed by atoms with Crippen LogP contribution < -0.4 is 0 Å². The van der Waals surface area contributed by atoms with E-state index >= 15 is 0 Å². The lowest BCUT2D eigenvalue weighted by Gasteiger charge is -1.96. The quantitative estimate of drug-likeness (QED) is 0.501. The van der Waals surface area contributed by atoms with E-state index in [4.69, 9.17) is 11.6 Å². The standard InChI is InChI=1S/C10H7ClN4OS/c1-4(16)9-13-6-7-5(12-3-15(7)2)8(11)14-10(6)17-9/h3H,1-2H3. The molecule has 0 aromatic carbocycles. The normalized spacial score (nSPS) is 11.5. The number of halogens is 1. The number of aryl methyl sites for hydroxylation is 1. The van der Waals surface area contributed by atoms with E-state index in [0.29, 0.717) is 26.0 Å². The van der Waals surface area contributed by atoms with Crippen LogP contribution in [0.15, 0.2) is 6.33 Å². The molecule has 17 heavy (non-hydrogen) atoms. The highest BCUT2D eigenvalue weighted by Gasteiger charge is 2.17. The first-order valence-electron chi connectivity index (χ1n) is 4.86. The third-order valence-electron chi connectivity index (χ3n) is 2.47. The molecule has 0 bridgehead atoms. The Morgan fingerprint density at radius 3 is 2.88 bits per heavy atom. The maximum Gasteiger partial charge on any atom is 0.188 e. The molecule has 0 radical (unpaired) electrons. The number of thiazole rings is 1. The molecule has 5 nitrogen and oxygen atoms in total. The van der Waals surface area contributed by atoms with Crippen LogP contribution in [-0.2, 0) is 7.05 Å². The number of imidazole rings is 1. The molecule has 0 fully saturated rings. The van der Waals surface area contributed by atoms with E-state index in [2.05, 4.69) is 15.0 Å². The molecule has 0 atom stereocenters. The fourth-order valence-corrected chi connectivity index (χ4v) is 2.81. The molecule has 0 amide bonds. The number of aromatic nitrogens is 4. The second kappa shape index (κ2) is 3.48. The van der Waals surface area contributed by atoms with Crippen molar-refractivity contribution in [3.05, 3.63) is 16.5 Å². The van der Waals surface area contributed by atoms with Gasteiger partial charge in [0.15, 0.2) is 15.9 Å². The highest BCUT2D eigenvalue weighted by atomic mass is 35.5. The van der Waals surface area contributed by atoms with Crippen LogP contribution in [-0.4, -0.2) is 25.3 Å². The monoisotopic (exact) mass is 266 g/mol. The maximum atomic E-state index is 11.3. The molecule has 86 valence electrons. The van der Waals surface area contributed by atoms with Crippen molar-refractivity contribution in [2.45, 2.75) is 6.92 Å². The van der Waals surface area contributed by atoms with E-state index in [1.165, 1.54) is 18.3 Å². The Balaban J connectivity index is 2.53. The number of hydrogen-bond acceptors (Lipinski definition) is 5. The van der Waals surface area contributed by atoms with Gasteiger partial charge in [-0.2, -0.15) is 0 Å². The molecule has 0 spiro atoms. The summed E-state index contributed by atoms with van der Waals surface area (Å²) in [6, 6.07) is 0. The largest absolute Gasteiger partial charge is 0.332 e. The Bertz CT molecular complexity index is 760. The number of carbonyl (C=O) groups excluding carboxylic acids is 1. The van der Waals surface area contributed by atoms with E-state index in [1.54, 1.807) is 6.33 Å². The molecule has 0 N–H and O–H groups in total. The third-order valence-corrected chi connectivity index (χ3v) is 3.78. The van der Waals surface area contributed by atoms with Crippen LogP contribution in [0.3, 0.4) is 0 Å². The minimum Gasteiger partial charge on any atom is -0.332 e. The van der Waals surface area contributed by atoms with Crippen molar-refractivity contribution in [1.29, 1.82) is 0 Å². The molecular formula is C10H7ClN4OS. The summed E-state index contributed by atoms with van der Waals surface area (Å²) in [6.45, 7) is 1.49. The predicted molar refractivity (Wildman–Crippen MR) is 66.7 cm³/mol. The number of nitrogens with zero attached hydrogens (tertiary/aromatic N) is 4. The fraction of sp³-hybridized carbons (Fsp3) is 0.200. The summed E-state index contributed by atoms with van der Waals surface area (Å²) in [4.78, 5) is 24.7. The van der Waals surface area contributed by atoms with Crippen molar-refractivity contribution < 1.29 is 4.79 Å². The molecule has 3 aromatic heterocycles. The Morgan fingerprint density at radius 2 is 2.18 bits per heavy atom. The van der Waals surface area contributed by atoms with Gasteiger partial charge in [-0.05, 0) is 0 Å². The van der Waals surface area contributed by atoms with Gasteiger partial charge in [0.25, 0.3) is 0 Å². The minimum absolute atomic E-state index is 0.0700. The minimum atomic E-state index is -0.0700.